The topological polar surface area (TPSA) is 92.9 Å². The highest BCUT2D eigenvalue weighted by Gasteiger charge is 2.13. The van der Waals surface area contributed by atoms with Crippen molar-refractivity contribution in [2.75, 3.05) is 20.8 Å². The maximum Gasteiger partial charge on any atom is 0.331 e. The van der Waals surface area contributed by atoms with Crippen molar-refractivity contribution < 1.29 is 28.3 Å². The standard InChI is InChI=1S/C22H22N2O6/c1-4-28-18-11-9-15(13-19(18)27-3)10-12-21(25)29-14-20-23-22(24-30-20)16-7-5-6-8-17(16)26-2/h5-13H,4,14H2,1-3H3/b12-10+. The fourth-order valence-electron chi connectivity index (χ4n) is 2.66. The SMILES string of the molecule is CCOc1ccc(/C=C/C(=O)OCc2nc(-c3ccccc3OC)no2)cc1OC. The fourth-order valence-corrected chi connectivity index (χ4v) is 2.66. The first kappa shape index (κ1) is 20.9. The number of esters is 1. The van der Waals surface area contributed by atoms with Crippen molar-refractivity contribution in [3.05, 3.63) is 60.0 Å². The Morgan fingerprint density at radius 2 is 1.87 bits per heavy atom. The zero-order chi connectivity index (χ0) is 21.3. The summed E-state index contributed by atoms with van der Waals surface area (Å²) in [5, 5.41) is 3.91. The van der Waals surface area contributed by atoms with Gasteiger partial charge >= 0.3 is 5.97 Å². The molecule has 0 saturated carbocycles. The molecule has 8 heteroatoms. The van der Waals surface area contributed by atoms with Crippen molar-refractivity contribution in [3.63, 3.8) is 0 Å². The van der Waals surface area contributed by atoms with Gasteiger partial charge in [-0.2, -0.15) is 4.98 Å². The highest BCUT2D eigenvalue weighted by Crippen LogP contribution is 2.29. The molecule has 1 aromatic heterocycles. The molecule has 0 N–H and O–H groups in total. The maximum absolute atomic E-state index is 12.0. The number of methoxy groups -OCH3 is 2. The number of aromatic nitrogens is 2. The van der Waals surface area contributed by atoms with E-state index in [0.717, 1.165) is 5.56 Å². The van der Waals surface area contributed by atoms with Gasteiger partial charge in [-0.1, -0.05) is 23.4 Å². The lowest BCUT2D eigenvalue weighted by molar-refractivity contribution is -0.139. The van der Waals surface area contributed by atoms with E-state index >= 15 is 0 Å². The van der Waals surface area contributed by atoms with Gasteiger partial charge < -0.3 is 23.5 Å². The molecule has 0 amide bonds. The summed E-state index contributed by atoms with van der Waals surface area (Å²) in [5.74, 6) is 1.84. The minimum absolute atomic E-state index is 0.141. The molecule has 0 saturated heterocycles. The van der Waals surface area contributed by atoms with Crippen LogP contribution in [0.15, 0.2) is 53.1 Å². The number of carbonyl (C=O) groups is 1. The minimum atomic E-state index is -0.542. The van der Waals surface area contributed by atoms with Gasteiger partial charge in [0.25, 0.3) is 5.89 Å². The van der Waals surface area contributed by atoms with Gasteiger partial charge in [0.15, 0.2) is 18.1 Å². The quantitative estimate of drug-likeness (QED) is 0.387. The van der Waals surface area contributed by atoms with E-state index < -0.39 is 5.97 Å². The number of ether oxygens (including phenoxy) is 4. The first-order valence-electron chi connectivity index (χ1n) is 9.26. The van der Waals surface area contributed by atoms with Crippen LogP contribution in [0.25, 0.3) is 17.5 Å². The predicted molar refractivity (Wildman–Crippen MR) is 109 cm³/mol. The molecule has 0 atom stereocenters. The molecule has 0 aliphatic rings. The van der Waals surface area contributed by atoms with E-state index in [2.05, 4.69) is 10.1 Å². The molecule has 3 rings (SSSR count). The van der Waals surface area contributed by atoms with Crippen molar-refractivity contribution in [2.45, 2.75) is 13.5 Å². The zero-order valence-electron chi connectivity index (χ0n) is 17.0. The summed E-state index contributed by atoms with van der Waals surface area (Å²) in [6, 6.07) is 12.7. The number of hydrogen-bond acceptors (Lipinski definition) is 8. The summed E-state index contributed by atoms with van der Waals surface area (Å²) in [7, 11) is 3.12. The second kappa shape index (κ2) is 10.1. The van der Waals surface area contributed by atoms with Crippen LogP contribution in [-0.4, -0.2) is 36.9 Å². The van der Waals surface area contributed by atoms with E-state index in [1.54, 1.807) is 38.5 Å². The average Bonchev–Trinajstić information content (AvgIpc) is 3.26. The van der Waals surface area contributed by atoms with E-state index in [4.69, 9.17) is 23.5 Å². The molecule has 0 unspecified atom stereocenters. The maximum atomic E-state index is 12.0. The van der Waals surface area contributed by atoms with Gasteiger partial charge in [-0.15, -0.1) is 0 Å². The van der Waals surface area contributed by atoms with Crippen molar-refractivity contribution in [1.29, 1.82) is 0 Å². The lowest BCUT2D eigenvalue weighted by atomic mass is 10.2. The monoisotopic (exact) mass is 410 g/mol. The Morgan fingerprint density at radius 1 is 1.07 bits per heavy atom. The van der Waals surface area contributed by atoms with Crippen LogP contribution in [0.4, 0.5) is 0 Å². The van der Waals surface area contributed by atoms with Gasteiger partial charge in [-0.25, -0.2) is 4.79 Å². The summed E-state index contributed by atoms with van der Waals surface area (Å²) in [5.41, 5.74) is 1.45. The van der Waals surface area contributed by atoms with Crippen LogP contribution in [0, 0.1) is 0 Å². The van der Waals surface area contributed by atoms with E-state index in [1.165, 1.54) is 6.08 Å². The molecule has 0 aliphatic heterocycles. The van der Waals surface area contributed by atoms with Crippen molar-refractivity contribution in [3.8, 4) is 28.6 Å². The Balaban J connectivity index is 1.59. The predicted octanol–water partition coefficient (Wildman–Crippen LogP) is 3.91. The lowest BCUT2D eigenvalue weighted by Crippen LogP contribution is -2.01. The number of nitrogens with zero attached hydrogens (tertiary/aromatic N) is 2. The third-order valence-electron chi connectivity index (χ3n) is 4.05. The van der Waals surface area contributed by atoms with Crippen LogP contribution in [0.2, 0.25) is 0 Å². The number of carbonyl (C=O) groups excluding carboxylic acids is 1. The van der Waals surface area contributed by atoms with Gasteiger partial charge in [0.2, 0.25) is 5.82 Å². The van der Waals surface area contributed by atoms with E-state index in [1.807, 2.05) is 31.2 Å². The van der Waals surface area contributed by atoms with Gasteiger partial charge in [0.05, 0.1) is 26.4 Å². The molecule has 1 heterocycles. The largest absolute Gasteiger partial charge is 0.496 e. The Labute approximate surface area is 174 Å². The third kappa shape index (κ3) is 5.16. The Morgan fingerprint density at radius 3 is 2.63 bits per heavy atom. The molecular weight excluding hydrogens is 388 g/mol. The smallest absolute Gasteiger partial charge is 0.331 e. The Hall–Kier alpha value is -3.81. The van der Waals surface area contributed by atoms with Gasteiger partial charge in [0, 0.05) is 6.08 Å². The second-order valence-electron chi connectivity index (χ2n) is 6.00. The number of rotatable bonds is 9. The molecule has 8 nitrogen and oxygen atoms in total. The Bertz CT molecular complexity index is 1030. The van der Waals surface area contributed by atoms with E-state index in [-0.39, 0.29) is 12.5 Å². The molecule has 0 radical (unpaired) electrons. The fraction of sp³-hybridized carbons (Fsp3) is 0.227. The van der Waals surface area contributed by atoms with Crippen molar-refractivity contribution in [1.82, 2.24) is 10.1 Å². The van der Waals surface area contributed by atoms with Crippen LogP contribution in [0.5, 0.6) is 17.2 Å². The van der Waals surface area contributed by atoms with Crippen molar-refractivity contribution >= 4 is 12.0 Å². The van der Waals surface area contributed by atoms with Crippen LogP contribution in [0.1, 0.15) is 18.4 Å². The summed E-state index contributed by atoms with van der Waals surface area (Å²) in [4.78, 5) is 16.3. The first-order valence-corrected chi connectivity index (χ1v) is 9.26. The molecule has 3 aromatic rings. The molecule has 0 aliphatic carbocycles. The Kier molecular flexibility index (Phi) is 7.05. The first-order chi connectivity index (χ1) is 14.6. The van der Waals surface area contributed by atoms with E-state index in [0.29, 0.717) is 35.2 Å². The third-order valence-corrected chi connectivity index (χ3v) is 4.05. The summed E-state index contributed by atoms with van der Waals surface area (Å²) in [6.07, 6.45) is 2.93. The van der Waals surface area contributed by atoms with Crippen LogP contribution in [0.3, 0.4) is 0 Å². The van der Waals surface area contributed by atoms with Crippen molar-refractivity contribution in [2.24, 2.45) is 0 Å². The summed E-state index contributed by atoms with van der Waals surface area (Å²) in [6.45, 7) is 2.29. The summed E-state index contributed by atoms with van der Waals surface area (Å²) >= 11 is 0. The van der Waals surface area contributed by atoms with Crippen LogP contribution in [-0.2, 0) is 16.1 Å². The molecule has 30 heavy (non-hydrogen) atoms. The minimum Gasteiger partial charge on any atom is -0.496 e. The van der Waals surface area contributed by atoms with Crippen LogP contribution < -0.4 is 14.2 Å². The molecule has 0 bridgehead atoms. The highest BCUT2D eigenvalue weighted by molar-refractivity contribution is 5.87. The summed E-state index contributed by atoms with van der Waals surface area (Å²) < 4.78 is 26.4. The molecular formula is C22H22N2O6. The molecule has 0 spiro atoms. The average molecular weight is 410 g/mol. The second-order valence-corrected chi connectivity index (χ2v) is 6.00. The lowest BCUT2D eigenvalue weighted by Gasteiger charge is -2.09. The zero-order valence-corrected chi connectivity index (χ0v) is 17.0. The number of benzene rings is 2. The normalized spacial score (nSPS) is 10.8. The van der Waals surface area contributed by atoms with Gasteiger partial charge in [0.1, 0.15) is 5.75 Å². The van der Waals surface area contributed by atoms with E-state index in [9.17, 15) is 4.79 Å². The van der Waals surface area contributed by atoms with Gasteiger partial charge in [-0.05, 0) is 42.8 Å². The van der Waals surface area contributed by atoms with Gasteiger partial charge in [-0.3, -0.25) is 0 Å². The van der Waals surface area contributed by atoms with Crippen LogP contribution >= 0.6 is 0 Å². The number of hydrogen-bond donors (Lipinski definition) is 0. The molecule has 156 valence electrons. The highest BCUT2D eigenvalue weighted by atomic mass is 16.6. The number of para-hydroxylation sites is 1. The molecule has 0 fully saturated rings. The molecule has 2 aromatic carbocycles.